The molecule has 0 aliphatic rings. The van der Waals surface area contributed by atoms with Gasteiger partial charge in [-0.15, -0.1) is 0 Å². The first-order chi connectivity index (χ1) is 14.6. The highest BCUT2D eigenvalue weighted by Crippen LogP contribution is 2.20. The number of hydrogen-bond donors (Lipinski definition) is 1. The van der Waals surface area contributed by atoms with Gasteiger partial charge in [0, 0.05) is 12.2 Å². The van der Waals surface area contributed by atoms with Gasteiger partial charge in [0.15, 0.2) is 11.6 Å². The Morgan fingerprint density at radius 3 is 2.43 bits per heavy atom. The van der Waals surface area contributed by atoms with E-state index in [1.54, 1.807) is 6.07 Å². The number of nitrogens with one attached hydrogen (secondary N) is 1. The number of para-hydroxylation sites is 1. The number of carbonyl (C=O) groups excluding carboxylic acids is 1. The van der Waals surface area contributed by atoms with Crippen LogP contribution in [0.2, 0.25) is 0 Å². The lowest BCUT2D eigenvalue weighted by Gasteiger charge is -2.21. The normalized spacial score (nSPS) is 10.8. The number of rotatable bonds is 9. The van der Waals surface area contributed by atoms with Crippen molar-refractivity contribution in [2.24, 2.45) is 0 Å². The Kier molecular flexibility index (Phi) is 7.57. The molecule has 0 radical (unpaired) electrons. The van der Waals surface area contributed by atoms with Gasteiger partial charge in [-0.25, -0.2) is 4.39 Å². The van der Waals surface area contributed by atoms with E-state index in [0.29, 0.717) is 13.1 Å². The Bertz CT molecular complexity index is 976. The number of halogens is 1. The van der Waals surface area contributed by atoms with Crippen LogP contribution in [0.4, 0.5) is 10.1 Å². The smallest absolute Gasteiger partial charge is 0.238 e. The quantitative estimate of drug-likeness (QED) is 0.550. The molecule has 0 heterocycles. The molecular formula is C25H27FN2O2. The fourth-order valence-electron chi connectivity index (χ4n) is 3.35. The summed E-state index contributed by atoms with van der Waals surface area (Å²) in [6, 6.07) is 22.9. The Balaban J connectivity index is 1.63. The van der Waals surface area contributed by atoms with Crippen molar-refractivity contribution in [3.8, 4) is 5.75 Å². The lowest BCUT2D eigenvalue weighted by Crippen LogP contribution is -2.33. The van der Waals surface area contributed by atoms with Gasteiger partial charge in [-0.2, -0.15) is 0 Å². The zero-order chi connectivity index (χ0) is 21.3. The molecule has 1 amide bonds. The van der Waals surface area contributed by atoms with E-state index in [2.05, 4.69) is 17.4 Å². The molecular weight excluding hydrogens is 379 g/mol. The summed E-state index contributed by atoms with van der Waals surface area (Å²) in [5, 5.41) is 3.04. The van der Waals surface area contributed by atoms with Crippen LogP contribution < -0.4 is 10.1 Å². The first-order valence-corrected chi connectivity index (χ1v) is 10.1. The Morgan fingerprint density at radius 1 is 1.00 bits per heavy atom. The van der Waals surface area contributed by atoms with Crippen LogP contribution in [0.15, 0.2) is 72.8 Å². The second-order valence-electron chi connectivity index (χ2n) is 7.14. The summed E-state index contributed by atoms with van der Waals surface area (Å²) in [6.45, 7) is 3.36. The third kappa shape index (κ3) is 5.91. The maximum Gasteiger partial charge on any atom is 0.238 e. The van der Waals surface area contributed by atoms with E-state index in [4.69, 9.17) is 4.74 Å². The van der Waals surface area contributed by atoms with Crippen LogP contribution >= 0.6 is 0 Å². The summed E-state index contributed by atoms with van der Waals surface area (Å²) in [7, 11) is 1.44. The average Bonchev–Trinajstić information content (AvgIpc) is 2.75. The summed E-state index contributed by atoms with van der Waals surface area (Å²) in [4.78, 5) is 14.7. The summed E-state index contributed by atoms with van der Waals surface area (Å²) in [6.07, 6.45) is 0.750. The highest BCUT2D eigenvalue weighted by molar-refractivity contribution is 5.93. The van der Waals surface area contributed by atoms with Crippen molar-refractivity contribution in [2.45, 2.75) is 19.9 Å². The van der Waals surface area contributed by atoms with Crippen molar-refractivity contribution in [1.29, 1.82) is 0 Å². The summed E-state index contributed by atoms with van der Waals surface area (Å²) < 4.78 is 18.9. The molecule has 1 N–H and O–H groups in total. The second-order valence-corrected chi connectivity index (χ2v) is 7.14. The van der Waals surface area contributed by atoms with Gasteiger partial charge in [0.05, 0.1) is 13.7 Å². The van der Waals surface area contributed by atoms with E-state index >= 15 is 0 Å². The maximum absolute atomic E-state index is 14.0. The Morgan fingerprint density at radius 2 is 1.73 bits per heavy atom. The summed E-state index contributed by atoms with van der Waals surface area (Å²) >= 11 is 0. The van der Waals surface area contributed by atoms with Crippen molar-refractivity contribution >= 4 is 11.6 Å². The Hall–Kier alpha value is -3.18. The molecule has 0 bridgehead atoms. The molecule has 0 aromatic heterocycles. The lowest BCUT2D eigenvalue weighted by atomic mass is 10.0. The van der Waals surface area contributed by atoms with Gasteiger partial charge in [-0.1, -0.05) is 61.5 Å². The van der Waals surface area contributed by atoms with Crippen molar-refractivity contribution in [2.75, 3.05) is 25.5 Å². The molecule has 30 heavy (non-hydrogen) atoms. The monoisotopic (exact) mass is 406 g/mol. The predicted octanol–water partition coefficient (Wildman–Crippen LogP) is 4.89. The topological polar surface area (TPSA) is 41.6 Å². The molecule has 0 saturated heterocycles. The van der Waals surface area contributed by atoms with Crippen LogP contribution in [0.5, 0.6) is 5.75 Å². The van der Waals surface area contributed by atoms with E-state index in [-0.39, 0.29) is 18.2 Å². The van der Waals surface area contributed by atoms with E-state index < -0.39 is 5.82 Å². The number of methoxy groups -OCH3 is 1. The summed E-state index contributed by atoms with van der Waals surface area (Å²) in [5.74, 6) is -0.272. The fourth-order valence-corrected chi connectivity index (χ4v) is 3.35. The first kappa shape index (κ1) is 21.5. The first-order valence-electron chi connectivity index (χ1n) is 10.1. The number of benzene rings is 3. The molecule has 0 unspecified atom stereocenters. The largest absolute Gasteiger partial charge is 0.494 e. The SMILES string of the molecule is CCN(CC(=O)Nc1ccccc1Cc1ccccc1)Cc1ccc(OC)c(F)c1. The van der Waals surface area contributed by atoms with Gasteiger partial charge in [0.25, 0.3) is 0 Å². The molecule has 0 atom stereocenters. The van der Waals surface area contributed by atoms with Gasteiger partial charge in [-0.3, -0.25) is 9.69 Å². The van der Waals surface area contributed by atoms with E-state index in [1.807, 2.05) is 60.4 Å². The van der Waals surface area contributed by atoms with Crippen LogP contribution in [0.25, 0.3) is 0 Å². The molecule has 0 fully saturated rings. The highest BCUT2D eigenvalue weighted by atomic mass is 19.1. The third-order valence-electron chi connectivity index (χ3n) is 4.97. The number of nitrogens with zero attached hydrogens (tertiary/aromatic N) is 1. The minimum absolute atomic E-state index is 0.0913. The zero-order valence-corrected chi connectivity index (χ0v) is 17.4. The molecule has 3 rings (SSSR count). The Labute approximate surface area is 177 Å². The summed E-state index contributed by atoms with van der Waals surface area (Å²) in [5.41, 5.74) is 3.87. The van der Waals surface area contributed by atoms with Crippen LogP contribution in [-0.2, 0) is 17.8 Å². The second kappa shape index (κ2) is 10.6. The molecule has 3 aromatic rings. The number of hydrogen-bond acceptors (Lipinski definition) is 3. The van der Waals surface area contributed by atoms with Crippen molar-refractivity contribution in [3.05, 3.63) is 95.3 Å². The van der Waals surface area contributed by atoms with Crippen LogP contribution in [0.3, 0.4) is 0 Å². The lowest BCUT2D eigenvalue weighted by molar-refractivity contribution is -0.117. The molecule has 0 aliphatic carbocycles. The van der Waals surface area contributed by atoms with E-state index in [0.717, 1.165) is 23.2 Å². The minimum atomic E-state index is -0.398. The molecule has 4 nitrogen and oxygen atoms in total. The number of anilines is 1. The molecule has 5 heteroatoms. The molecule has 0 spiro atoms. The van der Waals surface area contributed by atoms with Gasteiger partial charge in [0.1, 0.15) is 0 Å². The van der Waals surface area contributed by atoms with Crippen molar-refractivity contribution < 1.29 is 13.9 Å². The number of carbonyl (C=O) groups is 1. The fraction of sp³-hybridized carbons (Fsp3) is 0.240. The molecule has 0 aliphatic heterocycles. The number of likely N-dealkylation sites (N-methyl/N-ethyl adjacent to an activating group) is 1. The predicted molar refractivity (Wildman–Crippen MR) is 118 cm³/mol. The van der Waals surface area contributed by atoms with E-state index in [9.17, 15) is 9.18 Å². The van der Waals surface area contributed by atoms with E-state index in [1.165, 1.54) is 18.7 Å². The van der Waals surface area contributed by atoms with Gasteiger partial charge < -0.3 is 10.1 Å². The average molecular weight is 407 g/mol. The van der Waals surface area contributed by atoms with Crippen molar-refractivity contribution in [1.82, 2.24) is 4.90 Å². The van der Waals surface area contributed by atoms with Crippen LogP contribution in [-0.4, -0.2) is 31.0 Å². The maximum atomic E-state index is 14.0. The van der Waals surface area contributed by atoms with Crippen LogP contribution in [0.1, 0.15) is 23.6 Å². The highest BCUT2D eigenvalue weighted by Gasteiger charge is 2.13. The standard InChI is InChI=1S/C25H27FN2O2/c1-3-28(17-20-13-14-24(30-2)22(26)16-20)18-25(29)27-23-12-8-7-11-21(23)15-19-9-5-4-6-10-19/h4-14,16H,3,15,17-18H2,1-2H3,(H,27,29). The van der Waals surface area contributed by atoms with Gasteiger partial charge in [0.2, 0.25) is 5.91 Å². The molecule has 156 valence electrons. The number of ether oxygens (including phenoxy) is 1. The molecule has 3 aromatic carbocycles. The van der Waals surface area contributed by atoms with Gasteiger partial charge >= 0.3 is 0 Å². The minimum Gasteiger partial charge on any atom is -0.494 e. The zero-order valence-electron chi connectivity index (χ0n) is 17.4. The van der Waals surface area contributed by atoms with Crippen LogP contribution in [0, 0.1) is 5.82 Å². The third-order valence-corrected chi connectivity index (χ3v) is 4.97. The number of amides is 1. The van der Waals surface area contributed by atoms with Crippen molar-refractivity contribution in [3.63, 3.8) is 0 Å². The van der Waals surface area contributed by atoms with Gasteiger partial charge in [-0.05, 0) is 47.9 Å². The molecule has 0 saturated carbocycles.